The van der Waals surface area contributed by atoms with Gasteiger partial charge in [0.1, 0.15) is 11.9 Å². The first-order valence-electron chi connectivity index (χ1n) is 10.2. The average molecular weight is 380 g/mol. The lowest BCUT2D eigenvalue weighted by Gasteiger charge is -2.32. The third-order valence-electron chi connectivity index (χ3n) is 6.29. The Kier molecular flexibility index (Phi) is 5.00. The van der Waals surface area contributed by atoms with Crippen LogP contribution in [-0.2, 0) is 5.41 Å². The summed E-state index contributed by atoms with van der Waals surface area (Å²) in [4.78, 5) is 18.8. The lowest BCUT2D eigenvalue weighted by Crippen LogP contribution is -2.47. The number of urea groups is 1. The van der Waals surface area contributed by atoms with E-state index < -0.39 is 0 Å². The van der Waals surface area contributed by atoms with Crippen LogP contribution in [0.5, 0.6) is 5.75 Å². The molecule has 0 bridgehead atoms. The lowest BCUT2D eigenvalue weighted by atomic mass is 9.93. The van der Waals surface area contributed by atoms with Gasteiger partial charge in [0.2, 0.25) is 0 Å². The molecule has 2 heterocycles. The van der Waals surface area contributed by atoms with Crippen LogP contribution in [0.3, 0.4) is 0 Å². The number of nitrogens with zero attached hydrogens (tertiary/aromatic N) is 2. The molecule has 1 saturated heterocycles. The van der Waals surface area contributed by atoms with Crippen molar-refractivity contribution in [2.45, 2.75) is 57.6 Å². The molecule has 2 fully saturated rings. The molecule has 1 aliphatic heterocycles. The van der Waals surface area contributed by atoms with Crippen LogP contribution in [0.4, 0.5) is 4.79 Å². The molecule has 1 N–H and O–H groups in total. The van der Waals surface area contributed by atoms with E-state index in [2.05, 4.69) is 48.4 Å². The van der Waals surface area contributed by atoms with Gasteiger partial charge in [0.25, 0.3) is 0 Å². The molecule has 1 aliphatic carbocycles. The first kappa shape index (κ1) is 18.8. The zero-order valence-electron chi connectivity index (χ0n) is 16.9. The molecule has 5 heteroatoms. The summed E-state index contributed by atoms with van der Waals surface area (Å²) in [6.45, 7) is 7.86. The minimum Gasteiger partial charge on any atom is -0.490 e. The number of hydrogen-bond acceptors (Lipinski definition) is 3. The van der Waals surface area contributed by atoms with E-state index in [1.54, 1.807) is 6.20 Å². The summed E-state index contributed by atoms with van der Waals surface area (Å²) < 4.78 is 6.11. The van der Waals surface area contributed by atoms with Gasteiger partial charge in [-0.25, -0.2) is 4.79 Å². The maximum atomic E-state index is 12.7. The van der Waals surface area contributed by atoms with Gasteiger partial charge in [-0.15, -0.1) is 0 Å². The van der Waals surface area contributed by atoms with E-state index in [1.807, 2.05) is 24.1 Å². The fourth-order valence-electron chi connectivity index (χ4n) is 4.28. The average Bonchev–Trinajstić information content (AvgIpc) is 3.34. The van der Waals surface area contributed by atoms with Crippen LogP contribution < -0.4 is 10.1 Å². The fraction of sp³-hybridized carbons (Fsp3) is 0.478. The predicted octanol–water partition coefficient (Wildman–Crippen LogP) is 3.98. The second-order valence-corrected chi connectivity index (χ2v) is 8.38. The summed E-state index contributed by atoms with van der Waals surface area (Å²) in [5, 5.41) is 3.25. The number of likely N-dealkylation sites (tertiary alicyclic amines) is 1. The molecule has 4 rings (SSSR count). The summed E-state index contributed by atoms with van der Waals surface area (Å²) in [6, 6.07) is 10.7. The number of aryl methyl sites for hydroxylation is 2. The minimum atomic E-state index is 0.0563. The van der Waals surface area contributed by atoms with Crippen LogP contribution in [0.25, 0.3) is 0 Å². The minimum absolute atomic E-state index is 0.0563. The molecule has 1 saturated carbocycles. The Morgan fingerprint density at radius 1 is 1.18 bits per heavy atom. The Labute approximate surface area is 167 Å². The fourth-order valence-corrected chi connectivity index (χ4v) is 4.28. The molecule has 2 atom stereocenters. The summed E-state index contributed by atoms with van der Waals surface area (Å²) in [5.41, 5.74) is 3.75. The Balaban J connectivity index is 1.28. The molecular weight excluding hydrogens is 350 g/mol. The highest BCUT2D eigenvalue weighted by atomic mass is 16.5. The van der Waals surface area contributed by atoms with Gasteiger partial charge < -0.3 is 15.0 Å². The van der Waals surface area contributed by atoms with E-state index in [1.165, 1.54) is 11.1 Å². The van der Waals surface area contributed by atoms with Crippen molar-refractivity contribution in [2.75, 3.05) is 13.1 Å². The van der Waals surface area contributed by atoms with Crippen molar-refractivity contribution in [3.05, 3.63) is 59.4 Å². The Morgan fingerprint density at radius 3 is 2.64 bits per heavy atom. The van der Waals surface area contributed by atoms with E-state index in [0.717, 1.165) is 43.7 Å². The van der Waals surface area contributed by atoms with E-state index in [-0.39, 0.29) is 23.6 Å². The van der Waals surface area contributed by atoms with Gasteiger partial charge in [0, 0.05) is 55.3 Å². The van der Waals surface area contributed by atoms with Crippen molar-refractivity contribution >= 4 is 6.03 Å². The molecule has 148 valence electrons. The number of aromatic nitrogens is 1. The largest absolute Gasteiger partial charge is 0.490 e. The zero-order chi connectivity index (χ0) is 19.7. The Hall–Kier alpha value is -2.56. The summed E-state index contributed by atoms with van der Waals surface area (Å²) in [6.07, 6.45) is 6.45. The number of amides is 2. The van der Waals surface area contributed by atoms with Crippen molar-refractivity contribution < 1.29 is 9.53 Å². The molecule has 2 unspecified atom stereocenters. The van der Waals surface area contributed by atoms with E-state index in [9.17, 15) is 4.79 Å². The second kappa shape index (κ2) is 7.46. The zero-order valence-corrected chi connectivity index (χ0v) is 16.9. The number of benzene rings is 1. The maximum absolute atomic E-state index is 12.7. The first-order valence-corrected chi connectivity index (χ1v) is 10.2. The topological polar surface area (TPSA) is 54.5 Å². The Morgan fingerprint density at radius 2 is 1.93 bits per heavy atom. The van der Waals surface area contributed by atoms with Gasteiger partial charge in [-0.05, 0) is 37.5 Å². The Bertz CT molecular complexity index is 860. The molecule has 2 amide bonds. The van der Waals surface area contributed by atoms with Gasteiger partial charge in [-0.1, -0.05) is 31.2 Å². The van der Waals surface area contributed by atoms with Crippen molar-refractivity contribution in [3.63, 3.8) is 0 Å². The number of piperidine rings is 1. The molecule has 2 aromatic rings. The normalized spacial score (nSPS) is 24.7. The SMILES string of the molecule is Cc1cnccc1OC1CCN(C(=O)NC2CC2(C)c2ccccc2C)CC1. The lowest BCUT2D eigenvalue weighted by molar-refractivity contribution is 0.110. The highest BCUT2D eigenvalue weighted by Crippen LogP contribution is 2.49. The predicted molar refractivity (Wildman–Crippen MR) is 110 cm³/mol. The summed E-state index contributed by atoms with van der Waals surface area (Å²) >= 11 is 0. The van der Waals surface area contributed by atoms with Crippen LogP contribution in [-0.4, -0.2) is 41.2 Å². The quantitative estimate of drug-likeness (QED) is 0.874. The van der Waals surface area contributed by atoms with E-state index in [0.29, 0.717) is 0 Å². The van der Waals surface area contributed by atoms with Crippen molar-refractivity contribution in [3.8, 4) is 5.75 Å². The van der Waals surface area contributed by atoms with Gasteiger partial charge in [0.15, 0.2) is 0 Å². The van der Waals surface area contributed by atoms with E-state index in [4.69, 9.17) is 4.74 Å². The second-order valence-electron chi connectivity index (χ2n) is 8.38. The maximum Gasteiger partial charge on any atom is 0.317 e. The van der Waals surface area contributed by atoms with Gasteiger partial charge >= 0.3 is 6.03 Å². The summed E-state index contributed by atoms with van der Waals surface area (Å²) in [7, 11) is 0. The third kappa shape index (κ3) is 3.71. The number of pyridine rings is 1. The molecular formula is C23H29N3O2. The van der Waals surface area contributed by atoms with Crippen molar-refractivity contribution in [2.24, 2.45) is 0 Å². The van der Waals surface area contributed by atoms with Gasteiger partial charge in [-0.3, -0.25) is 4.98 Å². The highest BCUT2D eigenvalue weighted by molar-refractivity contribution is 5.75. The number of hydrogen-bond donors (Lipinski definition) is 1. The molecule has 28 heavy (non-hydrogen) atoms. The number of carbonyl (C=O) groups is 1. The molecule has 1 aromatic heterocycles. The van der Waals surface area contributed by atoms with Crippen LogP contribution in [0, 0.1) is 13.8 Å². The van der Waals surface area contributed by atoms with Crippen molar-refractivity contribution in [1.29, 1.82) is 0 Å². The number of rotatable bonds is 4. The molecule has 1 aromatic carbocycles. The number of nitrogens with one attached hydrogen (secondary N) is 1. The molecule has 5 nitrogen and oxygen atoms in total. The molecule has 0 radical (unpaired) electrons. The summed E-state index contributed by atoms with van der Waals surface area (Å²) in [5.74, 6) is 0.893. The van der Waals surface area contributed by atoms with Crippen LogP contribution in [0.2, 0.25) is 0 Å². The number of carbonyl (C=O) groups excluding carboxylic acids is 1. The van der Waals surface area contributed by atoms with Crippen LogP contribution >= 0.6 is 0 Å². The number of ether oxygens (including phenoxy) is 1. The molecule has 2 aliphatic rings. The third-order valence-corrected chi connectivity index (χ3v) is 6.29. The monoisotopic (exact) mass is 379 g/mol. The highest BCUT2D eigenvalue weighted by Gasteiger charge is 2.53. The van der Waals surface area contributed by atoms with Gasteiger partial charge in [-0.2, -0.15) is 0 Å². The van der Waals surface area contributed by atoms with Gasteiger partial charge in [0.05, 0.1) is 0 Å². The van der Waals surface area contributed by atoms with Crippen LogP contribution in [0.15, 0.2) is 42.7 Å². The van der Waals surface area contributed by atoms with Crippen LogP contribution in [0.1, 0.15) is 42.9 Å². The molecule has 0 spiro atoms. The smallest absolute Gasteiger partial charge is 0.317 e. The van der Waals surface area contributed by atoms with E-state index >= 15 is 0 Å². The first-order chi connectivity index (χ1) is 13.5. The standard InChI is InChI=1S/C23H29N3O2/c1-16-6-4-5-7-19(16)23(3)14-21(23)25-22(27)26-12-9-18(10-13-26)28-20-8-11-24-15-17(20)2/h4-8,11,15,18,21H,9-10,12-14H2,1-3H3,(H,25,27). The van der Waals surface area contributed by atoms with Crippen molar-refractivity contribution in [1.82, 2.24) is 15.2 Å².